The highest BCUT2D eigenvalue weighted by molar-refractivity contribution is 9.10. The van der Waals surface area contributed by atoms with Gasteiger partial charge in [0.2, 0.25) is 0 Å². The summed E-state index contributed by atoms with van der Waals surface area (Å²) in [4.78, 5) is 2.22. The summed E-state index contributed by atoms with van der Waals surface area (Å²) >= 11 is 3.50. The number of hydrogen-bond donors (Lipinski definition) is 0. The Hall–Kier alpha value is -2.18. The molecule has 2 heterocycles. The van der Waals surface area contributed by atoms with Gasteiger partial charge in [0.05, 0.1) is 19.3 Å². The number of nitrogens with zero attached hydrogens (tertiary/aromatic N) is 4. The molecule has 1 aliphatic rings. The molecule has 6 heteroatoms. The van der Waals surface area contributed by atoms with Crippen LogP contribution in [-0.2, 0) is 11.3 Å². The predicted octanol–water partition coefficient (Wildman–Crippen LogP) is 3.62. The number of ether oxygens (including phenoxy) is 1. The van der Waals surface area contributed by atoms with Crippen LogP contribution >= 0.6 is 15.9 Å². The normalized spacial score (nSPS) is 17.4. The fourth-order valence-corrected chi connectivity index (χ4v) is 3.37. The van der Waals surface area contributed by atoms with Gasteiger partial charge in [-0.1, -0.05) is 51.5 Å². The number of anilines is 1. The zero-order valence-electron chi connectivity index (χ0n) is 13.0. The van der Waals surface area contributed by atoms with Gasteiger partial charge in [-0.2, -0.15) is 0 Å². The molecule has 122 valence electrons. The standard InChI is InChI=1S/C18H17BrN4O/c19-15-6-4-5-14(11-15)12-22-13-17(20-21-22)18-23(9-10-24-18)16-7-2-1-3-8-16/h1-8,11,13,18H,9-10,12H2/t18-/m1/s1. The molecule has 24 heavy (non-hydrogen) atoms. The number of hydrogen-bond acceptors (Lipinski definition) is 4. The minimum Gasteiger partial charge on any atom is -0.350 e. The van der Waals surface area contributed by atoms with Crippen LogP contribution in [0.2, 0.25) is 0 Å². The molecule has 0 N–H and O–H groups in total. The monoisotopic (exact) mass is 384 g/mol. The molecule has 1 fully saturated rings. The van der Waals surface area contributed by atoms with Gasteiger partial charge >= 0.3 is 0 Å². The maximum atomic E-state index is 5.89. The number of benzene rings is 2. The van der Waals surface area contributed by atoms with E-state index in [0.29, 0.717) is 13.2 Å². The van der Waals surface area contributed by atoms with Crippen molar-refractivity contribution in [3.05, 3.63) is 76.5 Å². The van der Waals surface area contributed by atoms with E-state index in [4.69, 9.17) is 4.74 Å². The lowest BCUT2D eigenvalue weighted by atomic mass is 10.2. The Morgan fingerprint density at radius 3 is 2.83 bits per heavy atom. The van der Waals surface area contributed by atoms with E-state index >= 15 is 0 Å². The largest absolute Gasteiger partial charge is 0.350 e. The Balaban J connectivity index is 1.54. The number of halogens is 1. The number of rotatable bonds is 4. The van der Waals surface area contributed by atoms with Gasteiger partial charge in [-0.3, -0.25) is 0 Å². The minimum absolute atomic E-state index is 0.177. The molecule has 0 aliphatic carbocycles. The van der Waals surface area contributed by atoms with Crippen LogP contribution in [0.5, 0.6) is 0 Å². The second kappa shape index (κ2) is 6.75. The summed E-state index contributed by atoms with van der Waals surface area (Å²) in [6.45, 7) is 2.23. The van der Waals surface area contributed by atoms with Crippen LogP contribution in [0.25, 0.3) is 0 Å². The fourth-order valence-electron chi connectivity index (χ4n) is 2.93. The summed E-state index contributed by atoms with van der Waals surface area (Å²) < 4.78 is 8.81. The Labute approximate surface area is 149 Å². The van der Waals surface area contributed by atoms with E-state index in [2.05, 4.69) is 55.4 Å². The smallest absolute Gasteiger partial charge is 0.177 e. The Morgan fingerprint density at radius 2 is 2.00 bits per heavy atom. The minimum atomic E-state index is -0.177. The van der Waals surface area contributed by atoms with Crippen LogP contribution in [0.15, 0.2) is 65.3 Å². The van der Waals surface area contributed by atoms with E-state index in [0.717, 1.165) is 22.4 Å². The van der Waals surface area contributed by atoms with Crippen molar-refractivity contribution in [2.24, 2.45) is 0 Å². The summed E-state index contributed by atoms with van der Waals surface area (Å²) in [6, 6.07) is 18.5. The predicted molar refractivity (Wildman–Crippen MR) is 95.7 cm³/mol. The molecule has 1 atom stereocenters. The van der Waals surface area contributed by atoms with E-state index < -0.39 is 0 Å². The molecule has 0 spiro atoms. The van der Waals surface area contributed by atoms with Crippen molar-refractivity contribution in [2.45, 2.75) is 12.8 Å². The van der Waals surface area contributed by atoms with Crippen molar-refractivity contribution in [1.29, 1.82) is 0 Å². The quantitative estimate of drug-likeness (QED) is 0.688. The highest BCUT2D eigenvalue weighted by atomic mass is 79.9. The van der Waals surface area contributed by atoms with Gasteiger partial charge in [-0.25, -0.2) is 4.68 Å². The van der Waals surface area contributed by atoms with Crippen molar-refractivity contribution in [2.75, 3.05) is 18.1 Å². The topological polar surface area (TPSA) is 43.2 Å². The Bertz CT molecular complexity index is 821. The van der Waals surface area contributed by atoms with Gasteiger partial charge in [-0.15, -0.1) is 5.10 Å². The van der Waals surface area contributed by atoms with E-state index in [9.17, 15) is 0 Å². The first-order valence-corrected chi connectivity index (χ1v) is 8.67. The zero-order chi connectivity index (χ0) is 16.4. The highest BCUT2D eigenvalue weighted by Gasteiger charge is 2.29. The van der Waals surface area contributed by atoms with Crippen LogP contribution in [0.4, 0.5) is 5.69 Å². The second-order valence-corrected chi connectivity index (χ2v) is 6.64. The molecule has 4 rings (SSSR count). The first-order chi connectivity index (χ1) is 11.8. The van der Waals surface area contributed by atoms with E-state index in [1.807, 2.05) is 41.2 Å². The summed E-state index contributed by atoms with van der Waals surface area (Å²) in [5.74, 6) is 0. The summed E-state index contributed by atoms with van der Waals surface area (Å²) in [5.41, 5.74) is 3.15. The van der Waals surface area contributed by atoms with Gasteiger partial charge < -0.3 is 9.64 Å². The Morgan fingerprint density at radius 1 is 1.12 bits per heavy atom. The van der Waals surface area contributed by atoms with Gasteiger partial charge in [0.15, 0.2) is 6.23 Å². The van der Waals surface area contributed by atoms with Crippen LogP contribution in [0.3, 0.4) is 0 Å². The molecule has 0 radical (unpaired) electrons. The van der Waals surface area contributed by atoms with Crippen LogP contribution < -0.4 is 4.90 Å². The lowest BCUT2D eigenvalue weighted by molar-refractivity contribution is 0.110. The van der Waals surface area contributed by atoms with Crippen molar-refractivity contribution < 1.29 is 4.74 Å². The van der Waals surface area contributed by atoms with Crippen LogP contribution in [-0.4, -0.2) is 28.1 Å². The highest BCUT2D eigenvalue weighted by Crippen LogP contribution is 2.30. The molecule has 3 aromatic rings. The molecule has 1 saturated heterocycles. The SMILES string of the molecule is Brc1cccc(Cn2cc([C@H]3OCCN3c3ccccc3)nn2)c1. The van der Waals surface area contributed by atoms with Crippen molar-refractivity contribution in [1.82, 2.24) is 15.0 Å². The third-order valence-electron chi connectivity index (χ3n) is 4.02. The molecule has 2 aromatic carbocycles. The van der Waals surface area contributed by atoms with Gasteiger partial charge in [0, 0.05) is 16.7 Å². The van der Waals surface area contributed by atoms with Crippen LogP contribution in [0, 0.1) is 0 Å². The van der Waals surface area contributed by atoms with E-state index in [1.54, 1.807) is 0 Å². The van der Waals surface area contributed by atoms with Crippen LogP contribution in [0.1, 0.15) is 17.5 Å². The first kappa shape index (κ1) is 15.4. The fraction of sp³-hybridized carbons (Fsp3) is 0.222. The number of para-hydroxylation sites is 1. The Kier molecular flexibility index (Phi) is 4.32. The molecule has 5 nitrogen and oxygen atoms in total. The first-order valence-electron chi connectivity index (χ1n) is 7.87. The van der Waals surface area contributed by atoms with Gasteiger partial charge in [0.25, 0.3) is 0 Å². The maximum Gasteiger partial charge on any atom is 0.177 e. The average Bonchev–Trinajstić information content (AvgIpc) is 3.24. The summed E-state index contributed by atoms with van der Waals surface area (Å²) in [5, 5.41) is 8.59. The third-order valence-corrected chi connectivity index (χ3v) is 4.52. The van der Waals surface area contributed by atoms with Crippen molar-refractivity contribution in [3.8, 4) is 0 Å². The molecular weight excluding hydrogens is 368 g/mol. The molecule has 0 bridgehead atoms. The van der Waals surface area contributed by atoms with Gasteiger partial charge in [-0.05, 0) is 29.8 Å². The molecule has 1 aromatic heterocycles. The lowest BCUT2D eigenvalue weighted by Gasteiger charge is -2.23. The molecule has 0 amide bonds. The van der Waals surface area contributed by atoms with E-state index in [1.165, 1.54) is 5.56 Å². The molecule has 1 aliphatic heterocycles. The second-order valence-electron chi connectivity index (χ2n) is 5.72. The third kappa shape index (κ3) is 3.20. The number of aromatic nitrogens is 3. The van der Waals surface area contributed by atoms with Crippen molar-refractivity contribution >= 4 is 21.6 Å². The van der Waals surface area contributed by atoms with E-state index in [-0.39, 0.29) is 6.23 Å². The molecule has 0 unspecified atom stereocenters. The summed E-state index contributed by atoms with van der Waals surface area (Å²) in [7, 11) is 0. The molecular formula is C18H17BrN4O. The average molecular weight is 385 g/mol. The lowest BCUT2D eigenvalue weighted by Crippen LogP contribution is -2.23. The maximum absolute atomic E-state index is 5.89. The van der Waals surface area contributed by atoms with Crippen molar-refractivity contribution in [3.63, 3.8) is 0 Å². The summed E-state index contributed by atoms with van der Waals surface area (Å²) in [6.07, 6.45) is 1.79. The van der Waals surface area contributed by atoms with Gasteiger partial charge in [0.1, 0.15) is 5.69 Å². The zero-order valence-corrected chi connectivity index (χ0v) is 14.6. The molecule has 0 saturated carbocycles.